The summed E-state index contributed by atoms with van der Waals surface area (Å²) in [5.74, 6) is 0.309. The molecule has 2 aliphatic heterocycles. The fraction of sp³-hybridized carbons (Fsp3) is 1.00. The molecule has 0 aromatic carbocycles. The van der Waals surface area contributed by atoms with Gasteiger partial charge in [-0.1, -0.05) is 13.8 Å². The van der Waals surface area contributed by atoms with Crippen LogP contribution in [0.25, 0.3) is 0 Å². The summed E-state index contributed by atoms with van der Waals surface area (Å²) in [6.45, 7) is 6.11. The normalized spacial score (nSPS) is 27.1. The predicted molar refractivity (Wildman–Crippen MR) is 66.1 cm³/mol. The molecule has 0 spiro atoms. The van der Waals surface area contributed by atoms with Gasteiger partial charge in [0.05, 0.1) is 5.25 Å². The number of sulfonamides is 1. The lowest BCUT2D eigenvalue weighted by atomic mass is 9.82. The van der Waals surface area contributed by atoms with Gasteiger partial charge in [-0.05, 0) is 18.8 Å². The van der Waals surface area contributed by atoms with Crippen LogP contribution in [0.5, 0.6) is 0 Å². The summed E-state index contributed by atoms with van der Waals surface area (Å²) in [4.78, 5) is 0. The molecule has 0 atom stereocenters. The van der Waals surface area contributed by atoms with E-state index in [9.17, 15) is 8.42 Å². The SMILES string of the molecule is CC(C)C1(N)CN(S(=O)(=O)C2CCOCC2)C1. The number of nitrogens with two attached hydrogens (primary N) is 1. The lowest BCUT2D eigenvalue weighted by Gasteiger charge is -2.50. The molecule has 100 valence electrons. The van der Waals surface area contributed by atoms with Crippen LogP contribution in [0.2, 0.25) is 0 Å². The number of rotatable bonds is 3. The predicted octanol–water partition coefficient (Wildman–Crippen LogP) is 0.164. The zero-order valence-corrected chi connectivity index (χ0v) is 11.4. The zero-order valence-electron chi connectivity index (χ0n) is 10.6. The Morgan fingerprint density at radius 2 is 1.82 bits per heavy atom. The monoisotopic (exact) mass is 262 g/mol. The summed E-state index contributed by atoms with van der Waals surface area (Å²) >= 11 is 0. The quantitative estimate of drug-likeness (QED) is 0.786. The fourth-order valence-electron chi connectivity index (χ4n) is 2.34. The highest BCUT2D eigenvalue weighted by atomic mass is 32.2. The lowest BCUT2D eigenvalue weighted by molar-refractivity contribution is 0.0874. The van der Waals surface area contributed by atoms with Gasteiger partial charge in [-0.15, -0.1) is 0 Å². The Morgan fingerprint density at radius 3 is 2.29 bits per heavy atom. The Morgan fingerprint density at radius 1 is 1.29 bits per heavy atom. The minimum absolute atomic E-state index is 0.270. The lowest BCUT2D eigenvalue weighted by Crippen LogP contribution is -2.71. The van der Waals surface area contributed by atoms with E-state index < -0.39 is 10.0 Å². The van der Waals surface area contributed by atoms with Gasteiger partial charge in [0.15, 0.2) is 0 Å². The molecule has 0 radical (unpaired) electrons. The molecule has 2 saturated heterocycles. The van der Waals surface area contributed by atoms with E-state index in [1.54, 1.807) is 4.31 Å². The number of hydrogen-bond donors (Lipinski definition) is 1. The van der Waals surface area contributed by atoms with Gasteiger partial charge < -0.3 is 10.5 Å². The molecule has 17 heavy (non-hydrogen) atoms. The van der Waals surface area contributed by atoms with E-state index >= 15 is 0 Å². The van der Waals surface area contributed by atoms with E-state index in [0.29, 0.717) is 45.1 Å². The second-order valence-corrected chi connectivity index (χ2v) is 7.73. The Bertz CT molecular complexity index is 368. The largest absolute Gasteiger partial charge is 0.381 e. The Kier molecular flexibility index (Phi) is 3.51. The zero-order chi connectivity index (χ0) is 12.7. The molecule has 0 aromatic rings. The summed E-state index contributed by atoms with van der Waals surface area (Å²) in [7, 11) is -3.16. The summed E-state index contributed by atoms with van der Waals surface area (Å²) in [5.41, 5.74) is 5.80. The van der Waals surface area contributed by atoms with Gasteiger partial charge >= 0.3 is 0 Å². The smallest absolute Gasteiger partial charge is 0.217 e. The average molecular weight is 262 g/mol. The molecule has 2 aliphatic rings. The van der Waals surface area contributed by atoms with E-state index in [2.05, 4.69) is 0 Å². The van der Waals surface area contributed by atoms with Crippen molar-refractivity contribution in [3.63, 3.8) is 0 Å². The maximum absolute atomic E-state index is 12.3. The van der Waals surface area contributed by atoms with Crippen LogP contribution in [-0.2, 0) is 14.8 Å². The van der Waals surface area contributed by atoms with Crippen LogP contribution >= 0.6 is 0 Å². The molecular formula is C11H22N2O3S. The van der Waals surface area contributed by atoms with Crippen molar-refractivity contribution in [1.82, 2.24) is 4.31 Å². The molecule has 0 saturated carbocycles. The molecule has 2 rings (SSSR count). The first-order valence-electron chi connectivity index (χ1n) is 6.22. The highest BCUT2D eigenvalue weighted by Crippen LogP contribution is 2.31. The van der Waals surface area contributed by atoms with Crippen LogP contribution < -0.4 is 5.73 Å². The van der Waals surface area contributed by atoms with Gasteiger partial charge in [0.1, 0.15) is 0 Å². The number of nitrogens with zero attached hydrogens (tertiary/aromatic N) is 1. The van der Waals surface area contributed by atoms with E-state index in [0.717, 1.165) is 0 Å². The summed E-state index contributed by atoms with van der Waals surface area (Å²) in [6, 6.07) is 0. The van der Waals surface area contributed by atoms with E-state index in [1.165, 1.54) is 0 Å². The molecule has 2 fully saturated rings. The number of ether oxygens (including phenoxy) is 1. The van der Waals surface area contributed by atoms with Crippen molar-refractivity contribution in [3.8, 4) is 0 Å². The van der Waals surface area contributed by atoms with Crippen molar-refractivity contribution in [1.29, 1.82) is 0 Å². The van der Waals surface area contributed by atoms with Gasteiger partial charge in [-0.25, -0.2) is 8.42 Å². The summed E-state index contributed by atoms with van der Waals surface area (Å²) < 4.78 is 31.3. The summed E-state index contributed by atoms with van der Waals surface area (Å²) in [5, 5.41) is -0.270. The molecule has 0 amide bonds. The molecule has 2 heterocycles. The van der Waals surface area contributed by atoms with Gasteiger partial charge in [0, 0.05) is 31.8 Å². The van der Waals surface area contributed by atoms with Gasteiger partial charge in [0.2, 0.25) is 10.0 Å². The standard InChI is InChI=1S/C11H22N2O3S/c1-9(2)11(12)7-13(8-11)17(14,15)10-3-5-16-6-4-10/h9-10H,3-8,12H2,1-2H3. The van der Waals surface area contributed by atoms with E-state index in [4.69, 9.17) is 10.5 Å². The third kappa shape index (κ3) is 2.36. The highest BCUT2D eigenvalue weighted by molar-refractivity contribution is 7.89. The van der Waals surface area contributed by atoms with Crippen molar-refractivity contribution < 1.29 is 13.2 Å². The maximum Gasteiger partial charge on any atom is 0.217 e. The van der Waals surface area contributed by atoms with Crippen LogP contribution in [0, 0.1) is 5.92 Å². The second kappa shape index (κ2) is 4.50. The molecule has 5 nitrogen and oxygen atoms in total. The molecule has 0 unspecified atom stereocenters. The minimum Gasteiger partial charge on any atom is -0.381 e. The third-order valence-electron chi connectivity index (χ3n) is 4.04. The third-order valence-corrected chi connectivity index (χ3v) is 6.33. The average Bonchev–Trinajstić information content (AvgIpc) is 2.25. The van der Waals surface area contributed by atoms with Gasteiger partial charge in [-0.2, -0.15) is 4.31 Å². The highest BCUT2D eigenvalue weighted by Gasteiger charge is 2.49. The fourth-order valence-corrected chi connectivity index (χ4v) is 4.39. The molecule has 2 N–H and O–H groups in total. The topological polar surface area (TPSA) is 72.6 Å². The van der Waals surface area contributed by atoms with E-state index in [1.807, 2.05) is 13.8 Å². The van der Waals surface area contributed by atoms with Crippen LogP contribution in [0.4, 0.5) is 0 Å². The molecule has 0 aromatic heterocycles. The second-order valence-electron chi connectivity index (χ2n) is 5.51. The minimum atomic E-state index is -3.16. The van der Waals surface area contributed by atoms with E-state index in [-0.39, 0.29) is 10.8 Å². The van der Waals surface area contributed by atoms with Crippen molar-refractivity contribution in [3.05, 3.63) is 0 Å². The molecule has 6 heteroatoms. The Labute approximate surface area is 103 Å². The van der Waals surface area contributed by atoms with Crippen molar-refractivity contribution in [2.24, 2.45) is 11.7 Å². The van der Waals surface area contributed by atoms with Crippen LogP contribution in [0.3, 0.4) is 0 Å². The van der Waals surface area contributed by atoms with Crippen molar-refractivity contribution in [2.45, 2.75) is 37.5 Å². The number of hydrogen-bond acceptors (Lipinski definition) is 4. The van der Waals surface area contributed by atoms with Gasteiger partial charge in [0.25, 0.3) is 0 Å². The first-order chi connectivity index (χ1) is 7.86. The molecule has 0 aliphatic carbocycles. The van der Waals surface area contributed by atoms with Gasteiger partial charge in [-0.3, -0.25) is 0 Å². The molecular weight excluding hydrogens is 240 g/mol. The first-order valence-corrected chi connectivity index (χ1v) is 7.72. The Balaban J connectivity index is 1.99. The Hall–Kier alpha value is -0.170. The van der Waals surface area contributed by atoms with Crippen molar-refractivity contribution >= 4 is 10.0 Å². The molecule has 0 bridgehead atoms. The van der Waals surface area contributed by atoms with Crippen LogP contribution in [0.15, 0.2) is 0 Å². The maximum atomic E-state index is 12.3. The summed E-state index contributed by atoms with van der Waals surface area (Å²) in [6.07, 6.45) is 1.22. The van der Waals surface area contributed by atoms with Crippen LogP contribution in [0.1, 0.15) is 26.7 Å². The van der Waals surface area contributed by atoms with Crippen LogP contribution in [-0.4, -0.2) is 49.8 Å². The van der Waals surface area contributed by atoms with Crippen molar-refractivity contribution in [2.75, 3.05) is 26.3 Å². The first kappa shape index (κ1) is 13.3.